The van der Waals surface area contributed by atoms with Crippen LogP contribution in [0.1, 0.15) is 15.4 Å². The summed E-state index contributed by atoms with van der Waals surface area (Å²) in [5, 5.41) is 3.69. The normalized spacial score (nSPS) is 10.9. The molecule has 0 saturated heterocycles. The number of aryl methyl sites for hydroxylation is 1. The Hall–Kier alpha value is -1.80. The third-order valence-corrected chi connectivity index (χ3v) is 4.25. The van der Waals surface area contributed by atoms with Crippen LogP contribution in [0.3, 0.4) is 0 Å². The number of hydrogen-bond donors (Lipinski definition) is 1. The van der Waals surface area contributed by atoms with E-state index in [9.17, 15) is 4.79 Å². The molecule has 102 valence electrons. The van der Waals surface area contributed by atoms with E-state index < -0.39 is 0 Å². The molecule has 0 aliphatic carbocycles. The zero-order chi connectivity index (χ0) is 14.1. The van der Waals surface area contributed by atoms with E-state index in [-0.39, 0.29) is 5.91 Å². The molecule has 1 N–H and O–H groups in total. The van der Waals surface area contributed by atoms with Crippen molar-refractivity contribution in [2.45, 2.75) is 6.54 Å². The van der Waals surface area contributed by atoms with Crippen LogP contribution in [-0.4, -0.2) is 25.4 Å². The summed E-state index contributed by atoms with van der Waals surface area (Å²) < 4.78 is 2.72. The summed E-state index contributed by atoms with van der Waals surface area (Å²) in [5.74, 6) is -0.178. The molecule has 0 fully saturated rings. The van der Waals surface area contributed by atoms with Gasteiger partial charge in [-0.2, -0.15) is 0 Å². The zero-order valence-corrected chi connectivity index (χ0v) is 12.9. The topological polar surface area (TPSA) is 72.7 Å². The lowest BCUT2D eigenvalue weighted by Gasteiger charge is -2.03. The minimum absolute atomic E-state index is 0.178. The van der Waals surface area contributed by atoms with Gasteiger partial charge in [0.25, 0.3) is 5.91 Å². The van der Waals surface area contributed by atoms with Crippen LogP contribution in [0.15, 0.2) is 28.6 Å². The van der Waals surface area contributed by atoms with Crippen molar-refractivity contribution >= 4 is 44.3 Å². The molecule has 0 atom stereocenters. The lowest BCUT2D eigenvalue weighted by Crippen LogP contribution is -2.23. The Bertz CT molecular complexity index is 781. The first-order chi connectivity index (χ1) is 9.65. The molecule has 0 radical (unpaired) electrons. The fraction of sp³-hybridized carbons (Fsp3) is 0.167. The van der Waals surface area contributed by atoms with Gasteiger partial charge in [-0.15, -0.1) is 11.3 Å². The summed E-state index contributed by atoms with van der Waals surface area (Å²) in [6.07, 6.45) is 4.97. The van der Waals surface area contributed by atoms with Gasteiger partial charge >= 0.3 is 0 Å². The van der Waals surface area contributed by atoms with Gasteiger partial charge in [-0.3, -0.25) is 4.79 Å². The van der Waals surface area contributed by atoms with Gasteiger partial charge in [-0.05, 0) is 22.0 Å². The van der Waals surface area contributed by atoms with Gasteiger partial charge in [0, 0.05) is 13.2 Å². The summed E-state index contributed by atoms with van der Waals surface area (Å²) >= 11 is 4.83. The van der Waals surface area contributed by atoms with Gasteiger partial charge in [0.15, 0.2) is 5.65 Å². The number of aromatic nitrogens is 4. The van der Waals surface area contributed by atoms with Crippen LogP contribution in [0.5, 0.6) is 0 Å². The maximum Gasteiger partial charge on any atom is 0.254 e. The number of fused-ring (bicyclic) bond motifs is 1. The van der Waals surface area contributed by atoms with E-state index in [1.54, 1.807) is 29.4 Å². The summed E-state index contributed by atoms with van der Waals surface area (Å²) in [4.78, 5) is 24.8. The number of imidazole rings is 1. The molecule has 3 aromatic heterocycles. The standard InChI is InChI=1S/C12H10BrN5OS/c1-18-6-17-10-7(2-3-14-11(10)18)12(19)16-5-9-15-4-8(13)20-9/h2-4,6H,5H2,1H3,(H,16,19). The van der Waals surface area contributed by atoms with E-state index in [4.69, 9.17) is 0 Å². The van der Waals surface area contributed by atoms with Gasteiger partial charge in [-0.25, -0.2) is 15.0 Å². The van der Waals surface area contributed by atoms with Crippen LogP contribution in [0.4, 0.5) is 0 Å². The van der Waals surface area contributed by atoms with E-state index in [1.165, 1.54) is 11.3 Å². The van der Waals surface area contributed by atoms with E-state index >= 15 is 0 Å². The molecule has 0 aromatic carbocycles. The number of thiazole rings is 1. The van der Waals surface area contributed by atoms with Crippen LogP contribution < -0.4 is 5.32 Å². The molecule has 1 amide bonds. The Morgan fingerprint density at radius 1 is 1.45 bits per heavy atom. The van der Waals surface area contributed by atoms with E-state index in [1.807, 2.05) is 7.05 Å². The fourth-order valence-corrected chi connectivity index (χ4v) is 3.07. The fourth-order valence-electron chi connectivity index (χ4n) is 1.83. The smallest absolute Gasteiger partial charge is 0.254 e. The summed E-state index contributed by atoms with van der Waals surface area (Å²) in [6, 6.07) is 1.67. The Morgan fingerprint density at radius 2 is 2.30 bits per heavy atom. The van der Waals surface area contributed by atoms with Crippen molar-refractivity contribution in [3.63, 3.8) is 0 Å². The van der Waals surface area contributed by atoms with Gasteiger partial charge in [0.05, 0.1) is 28.4 Å². The molecule has 3 aromatic rings. The van der Waals surface area contributed by atoms with E-state index in [2.05, 4.69) is 36.2 Å². The third kappa shape index (κ3) is 2.44. The Morgan fingerprint density at radius 3 is 3.05 bits per heavy atom. The molecular formula is C12H10BrN5OS. The number of nitrogens with zero attached hydrogens (tertiary/aromatic N) is 4. The molecule has 0 aliphatic heterocycles. The second-order valence-electron chi connectivity index (χ2n) is 4.13. The van der Waals surface area contributed by atoms with Gasteiger partial charge in [0.1, 0.15) is 10.5 Å². The summed E-state index contributed by atoms with van der Waals surface area (Å²) in [5.41, 5.74) is 1.81. The molecule has 0 saturated carbocycles. The van der Waals surface area contributed by atoms with E-state index in [0.29, 0.717) is 23.3 Å². The molecule has 0 aliphatic rings. The highest BCUT2D eigenvalue weighted by molar-refractivity contribution is 9.11. The Balaban J connectivity index is 1.82. The number of carbonyl (C=O) groups excluding carboxylic acids is 1. The van der Waals surface area contributed by atoms with Crippen molar-refractivity contribution in [3.05, 3.63) is 39.1 Å². The third-order valence-electron chi connectivity index (χ3n) is 2.77. The Kier molecular flexibility index (Phi) is 3.49. The number of hydrogen-bond acceptors (Lipinski definition) is 5. The monoisotopic (exact) mass is 351 g/mol. The van der Waals surface area contributed by atoms with Crippen LogP contribution in [0.25, 0.3) is 11.2 Å². The number of pyridine rings is 1. The number of nitrogens with one attached hydrogen (secondary N) is 1. The van der Waals surface area contributed by atoms with Crippen molar-refractivity contribution < 1.29 is 4.79 Å². The van der Waals surface area contributed by atoms with Crippen molar-refractivity contribution in [1.82, 2.24) is 24.8 Å². The largest absolute Gasteiger partial charge is 0.345 e. The molecule has 0 spiro atoms. The van der Waals surface area contributed by atoms with Gasteiger partial charge in [-0.1, -0.05) is 0 Å². The van der Waals surface area contributed by atoms with E-state index in [0.717, 1.165) is 8.79 Å². The molecule has 6 nitrogen and oxygen atoms in total. The van der Waals surface area contributed by atoms with Crippen molar-refractivity contribution in [1.29, 1.82) is 0 Å². The van der Waals surface area contributed by atoms with Crippen molar-refractivity contribution in [2.24, 2.45) is 7.05 Å². The molecule has 20 heavy (non-hydrogen) atoms. The highest BCUT2D eigenvalue weighted by atomic mass is 79.9. The zero-order valence-electron chi connectivity index (χ0n) is 10.5. The van der Waals surface area contributed by atoms with Gasteiger partial charge < -0.3 is 9.88 Å². The minimum atomic E-state index is -0.178. The van der Waals surface area contributed by atoms with Crippen LogP contribution in [0, 0.1) is 0 Å². The average molecular weight is 352 g/mol. The quantitative estimate of drug-likeness (QED) is 0.784. The average Bonchev–Trinajstić information content (AvgIpc) is 3.03. The number of rotatable bonds is 3. The SMILES string of the molecule is Cn1cnc2c(C(=O)NCc3ncc(Br)s3)ccnc21. The van der Waals surface area contributed by atoms with Crippen LogP contribution >= 0.6 is 27.3 Å². The van der Waals surface area contributed by atoms with Crippen LogP contribution in [0.2, 0.25) is 0 Å². The predicted octanol–water partition coefficient (Wildman–Crippen LogP) is 2.12. The lowest BCUT2D eigenvalue weighted by molar-refractivity contribution is 0.0952. The first-order valence-corrected chi connectivity index (χ1v) is 7.40. The maximum absolute atomic E-state index is 12.2. The summed E-state index contributed by atoms with van der Waals surface area (Å²) in [6.45, 7) is 0.395. The first kappa shape index (κ1) is 13.2. The predicted molar refractivity (Wildman–Crippen MR) is 79.5 cm³/mol. The molecule has 3 rings (SSSR count). The number of carbonyl (C=O) groups is 1. The lowest BCUT2D eigenvalue weighted by atomic mass is 10.2. The maximum atomic E-state index is 12.2. The van der Waals surface area contributed by atoms with Crippen LogP contribution in [-0.2, 0) is 13.6 Å². The second kappa shape index (κ2) is 5.29. The molecule has 3 heterocycles. The molecule has 8 heteroatoms. The van der Waals surface area contributed by atoms with Crippen molar-refractivity contribution in [2.75, 3.05) is 0 Å². The van der Waals surface area contributed by atoms with Crippen molar-refractivity contribution in [3.8, 4) is 0 Å². The second-order valence-corrected chi connectivity index (χ2v) is 6.62. The summed E-state index contributed by atoms with van der Waals surface area (Å²) in [7, 11) is 1.84. The first-order valence-electron chi connectivity index (χ1n) is 5.79. The molecular weight excluding hydrogens is 342 g/mol. The minimum Gasteiger partial charge on any atom is -0.345 e. The number of halogens is 1. The highest BCUT2D eigenvalue weighted by Crippen LogP contribution is 2.19. The highest BCUT2D eigenvalue weighted by Gasteiger charge is 2.14. The molecule has 0 unspecified atom stereocenters. The van der Waals surface area contributed by atoms with Gasteiger partial charge in [0.2, 0.25) is 0 Å². The molecule has 0 bridgehead atoms. The number of amides is 1. The Labute approximate surface area is 127 Å².